The monoisotopic (exact) mass is 328 g/mol. The van der Waals surface area contributed by atoms with Gasteiger partial charge in [-0.3, -0.25) is 0 Å². The number of benzene rings is 1. The fraction of sp³-hybridized carbons (Fsp3) is 0.294. The second-order valence-corrected chi connectivity index (χ2v) is 6.69. The summed E-state index contributed by atoms with van der Waals surface area (Å²) in [6.07, 6.45) is 0. The van der Waals surface area contributed by atoms with E-state index in [4.69, 9.17) is 10.2 Å². The van der Waals surface area contributed by atoms with Gasteiger partial charge in [0.1, 0.15) is 16.3 Å². The van der Waals surface area contributed by atoms with Gasteiger partial charge in [0.15, 0.2) is 11.7 Å². The minimum atomic E-state index is 0.458. The van der Waals surface area contributed by atoms with Gasteiger partial charge in [-0.15, -0.1) is 11.3 Å². The second-order valence-electron chi connectivity index (χ2n) is 5.75. The first-order valence-corrected chi connectivity index (χ1v) is 8.47. The van der Waals surface area contributed by atoms with Gasteiger partial charge in [0, 0.05) is 17.3 Å². The van der Waals surface area contributed by atoms with E-state index in [0.717, 1.165) is 34.0 Å². The maximum absolute atomic E-state index is 5.84. The van der Waals surface area contributed by atoms with Gasteiger partial charge in [0.2, 0.25) is 0 Å². The molecule has 6 heteroatoms. The molecule has 0 radical (unpaired) electrons. The minimum absolute atomic E-state index is 0.458. The molecule has 1 aromatic carbocycles. The number of para-hydroxylation sites is 1. The Bertz CT molecular complexity index is 786. The van der Waals surface area contributed by atoms with Gasteiger partial charge < -0.3 is 15.5 Å². The smallest absolute Gasteiger partial charge is 0.189 e. The van der Waals surface area contributed by atoms with Crippen LogP contribution in [0.3, 0.4) is 0 Å². The number of nitrogens with zero attached hydrogens (tertiary/aromatic N) is 2. The number of aromatic nitrogens is 1. The van der Waals surface area contributed by atoms with E-state index in [0.29, 0.717) is 18.4 Å². The number of nitrogens with two attached hydrogens (primary N) is 1. The third kappa shape index (κ3) is 3.90. The first kappa shape index (κ1) is 15.6. The molecule has 0 unspecified atom stereocenters. The third-order valence-corrected chi connectivity index (χ3v) is 4.14. The van der Waals surface area contributed by atoms with Gasteiger partial charge in [-0.1, -0.05) is 32.0 Å². The molecule has 0 aliphatic carbocycles. The molecule has 2 aromatic heterocycles. The number of aliphatic imine (C=N–C) groups is 1. The summed E-state index contributed by atoms with van der Waals surface area (Å²) >= 11 is 1.56. The summed E-state index contributed by atoms with van der Waals surface area (Å²) in [4.78, 5) is 8.89. The maximum atomic E-state index is 5.84. The average molecular weight is 328 g/mol. The fourth-order valence-electron chi connectivity index (χ4n) is 2.12. The van der Waals surface area contributed by atoms with Crippen molar-refractivity contribution in [2.75, 3.05) is 6.54 Å². The summed E-state index contributed by atoms with van der Waals surface area (Å²) in [5.41, 5.74) is 7.55. The van der Waals surface area contributed by atoms with Gasteiger partial charge in [0.25, 0.3) is 0 Å². The minimum Gasteiger partial charge on any atom is -0.454 e. The molecule has 0 aliphatic rings. The van der Waals surface area contributed by atoms with Gasteiger partial charge in [-0.05, 0) is 18.1 Å². The number of rotatable bonds is 5. The van der Waals surface area contributed by atoms with E-state index in [9.17, 15) is 0 Å². The van der Waals surface area contributed by atoms with Crippen molar-refractivity contribution in [3.8, 4) is 11.5 Å². The zero-order chi connectivity index (χ0) is 16.2. The number of furan rings is 1. The molecule has 0 amide bonds. The standard InChI is InChI=1S/C17H20N4OS/c1-11(2)8-19-17(18)20-9-16-21-13(10-23-16)15-7-12-5-3-4-6-14(12)22-15/h3-7,10-11H,8-9H2,1-2H3,(H3,18,19,20). The quantitative estimate of drug-likeness (QED) is 0.554. The molecule has 0 atom stereocenters. The van der Waals surface area contributed by atoms with Crippen LogP contribution in [0.5, 0.6) is 0 Å². The highest BCUT2D eigenvalue weighted by Crippen LogP contribution is 2.28. The molecule has 3 aromatic rings. The highest BCUT2D eigenvalue weighted by atomic mass is 32.1. The van der Waals surface area contributed by atoms with Crippen molar-refractivity contribution < 1.29 is 4.42 Å². The normalized spacial score (nSPS) is 12.2. The summed E-state index contributed by atoms with van der Waals surface area (Å²) in [7, 11) is 0. The lowest BCUT2D eigenvalue weighted by molar-refractivity contribution is 0.621. The summed E-state index contributed by atoms with van der Waals surface area (Å²) in [5.74, 6) is 1.77. The van der Waals surface area contributed by atoms with Gasteiger partial charge in [0.05, 0.1) is 6.54 Å². The van der Waals surface area contributed by atoms with Crippen molar-refractivity contribution in [1.29, 1.82) is 0 Å². The molecule has 3 N–H and O–H groups in total. The van der Waals surface area contributed by atoms with E-state index in [-0.39, 0.29) is 0 Å². The number of thiazole rings is 1. The Morgan fingerprint density at radius 2 is 2.22 bits per heavy atom. The van der Waals surface area contributed by atoms with Crippen molar-refractivity contribution in [2.24, 2.45) is 16.6 Å². The molecular formula is C17H20N4OS. The lowest BCUT2D eigenvalue weighted by atomic mass is 10.2. The predicted molar refractivity (Wildman–Crippen MR) is 95.5 cm³/mol. The molecule has 0 spiro atoms. The molecule has 0 fully saturated rings. The highest BCUT2D eigenvalue weighted by molar-refractivity contribution is 7.09. The highest BCUT2D eigenvalue weighted by Gasteiger charge is 2.09. The number of nitrogens with one attached hydrogen (secondary N) is 1. The lowest BCUT2D eigenvalue weighted by Gasteiger charge is -2.07. The van der Waals surface area contributed by atoms with E-state index in [1.807, 2.05) is 35.7 Å². The SMILES string of the molecule is CC(C)CNC(N)=NCc1nc(-c2cc3ccccc3o2)cs1. The largest absolute Gasteiger partial charge is 0.454 e. The van der Waals surface area contributed by atoms with Crippen LogP contribution >= 0.6 is 11.3 Å². The number of guanidine groups is 1. The lowest BCUT2D eigenvalue weighted by Crippen LogP contribution is -2.34. The van der Waals surface area contributed by atoms with E-state index < -0.39 is 0 Å². The number of hydrogen-bond acceptors (Lipinski definition) is 4. The van der Waals surface area contributed by atoms with E-state index in [1.165, 1.54) is 0 Å². The van der Waals surface area contributed by atoms with E-state index >= 15 is 0 Å². The first-order chi connectivity index (χ1) is 11.1. The van der Waals surface area contributed by atoms with Crippen LogP contribution < -0.4 is 11.1 Å². The van der Waals surface area contributed by atoms with Crippen LogP contribution in [0.2, 0.25) is 0 Å². The Hall–Kier alpha value is -2.34. The molecule has 5 nitrogen and oxygen atoms in total. The first-order valence-electron chi connectivity index (χ1n) is 7.59. The average Bonchev–Trinajstić information content (AvgIpc) is 3.16. The molecular weight excluding hydrogens is 308 g/mol. The van der Waals surface area contributed by atoms with Crippen molar-refractivity contribution in [3.63, 3.8) is 0 Å². The molecule has 3 rings (SSSR count). The molecule has 0 saturated carbocycles. The Kier molecular flexibility index (Phi) is 4.62. The third-order valence-electron chi connectivity index (χ3n) is 3.31. The second kappa shape index (κ2) is 6.83. The number of fused-ring (bicyclic) bond motifs is 1. The Balaban J connectivity index is 1.69. The molecule has 23 heavy (non-hydrogen) atoms. The van der Waals surface area contributed by atoms with Crippen LogP contribution in [0, 0.1) is 5.92 Å². The molecule has 0 aliphatic heterocycles. The maximum Gasteiger partial charge on any atom is 0.189 e. The topological polar surface area (TPSA) is 76.4 Å². The van der Waals surface area contributed by atoms with Crippen LogP contribution in [-0.4, -0.2) is 17.5 Å². The van der Waals surface area contributed by atoms with Crippen LogP contribution in [0.25, 0.3) is 22.4 Å². The Morgan fingerprint density at radius 3 is 3.00 bits per heavy atom. The number of hydrogen-bond donors (Lipinski definition) is 2. The fourth-order valence-corrected chi connectivity index (χ4v) is 2.83. The van der Waals surface area contributed by atoms with E-state index in [1.54, 1.807) is 11.3 Å². The van der Waals surface area contributed by atoms with Crippen LogP contribution in [0.1, 0.15) is 18.9 Å². The van der Waals surface area contributed by atoms with Crippen LogP contribution in [0.4, 0.5) is 0 Å². The molecule has 0 bridgehead atoms. The summed E-state index contributed by atoms with van der Waals surface area (Å²) in [6.45, 7) is 5.54. The van der Waals surface area contributed by atoms with Crippen molar-refractivity contribution in [3.05, 3.63) is 40.7 Å². The Labute approximate surface area is 139 Å². The van der Waals surface area contributed by atoms with Crippen molar-refractivity contribution >= 4 is 28.3 Å². The summed E-state index contributed by atoms with van der Waals surface area (Å²) < 4.78 is 5.83. The van der Waals surface area contributed by atoms with E-state index in [2.05, 4.69) is 29.1 Å². The van der Waals surface area contributed by atoms with Crippen molar-refractivity contribution in [2.45, 2.75) is 20.4 Å². The van der Waals surface area contributed by atoms with Gasteiger partial charge in [-0.2, -0.15) is 0 Å². The van der Waals surface area contributed by atoms with Crippen molar-refractivity contribution in [1.82, 2.24) is 10.3 Å². The molecule has 2 heterocycles. The Morgan fingerprint density at radius 1 is 1.39 bits per heavy atom. The summed E-state index contributed by atoms with van der Waals surface area (Å²) in [5, 5.41) is 7.07. The zero-order valence-electron chi connectivity index (χ0n) is 13.2. The summed E-state index contributed by atoms with van der Waals surface area (Å²) in [6, 6.07) is 9.95. The molecule has 0 saturated heterocycles. The zero-order valence-corrected chi connectivity index (χ0v) is 14.1. The van der Waals surface area contributed by atoms with Crippen LogP contribution in [-0.2, 0) is 6.54 Å². The molecule has 120 valence electrons. The van der Waals surface area contributed by atoms with Gasteiger partial charge in [-0.25, -0.2) is 9.98 Å². The van der Waals surface area contributed by atoms with Crippen LogP contribution in [0.15, 0.2) is 45.1 Å². The van der Waals surface area contributed by atoms with Gasteiger partial charge >= 0.3 is 0 Å². The predicted octanol–water partition coefficient (Wildman–Crippen LogP) is 3.62.